The van der Waals surface area contributed by atoms with Crippen LogP contribution in [0.1, 0.15) is 24.6 Å². The van der Waals surface area contributed by atoms with Crippen LogP contribution < -0.4 is 4.74 Å². The summed E-state index contributed by atoms with van der Waals surface area (Å²) >= 11 is 0. The van der Waals surface area contributed by atoms with Crippen LogP contribution in [0, 0.1) is 6.92 Å². The van der Waals surface area contributed by atoms with Gasteiger partial charge in [-0.1, -0.05) is 18.2 Å². The van der Waals surface area contributed by atoms with Crippen LogP contribution in [-0.4, -0.2) is 44.9 Å². The van der Waals surface area contributed by atoms with Crippen molar-refractivity contribution in [3.05, 3.63) is 48.0 Å². The molecule has 1 aromatic carbocycles. The Morgan fingerprint density at radius 2 is 2.17 bits per heavy atom. The van der Waals surface area contributed by atoms with Gasteiger partial charge in [0.2, 0.25) is 0 Å². The van der Waals surface area contributed by atoms with Gasteiger partial charge >= 0.3 is 0 Å². The average Bonchev–Trinajstić information content (AvgIpc) is 3.14. The molecule has 2 heterocycles. The van der Waals surface area contributed by atoms with E-state index in [1.165, 1.54) is 5.69 Å². The number of hydrogen-bond donors (Lipinski definition) is 1. The van der Waals surface area contributed by atoms with Gasteiger partial charge in [-0.05, 0) is 31.9 Å². The quantitative estimate of drug-likeness (QED) is 0.888. The maximum absolute atomic E-state index is 10.8. The number of aryl methyl sites for hydroxylation is 2. The smallest absolute Gasteiger partial charge is 0.122 e. The molecule has 1 N–H and O–H groups in total. The van der Waals surface area contributed by atoms with Gasteiger partial charge in [0.25, 0.3) is 0 Å². The van der Waals surface area contributed by atoms with Crippen LogP contribution >= 0.6 is 0 Å². The Balaban J connectivity index is 1.56. The average molecular weight is 315 g/mol. The van der Waals surface area contributed by atoms with Crippen LogP contribution in [-0.2, 0) is 13.1 Å². The SMILES string of the molecule is CCn1cncc1CN1CC[C@@](O)(COc2ccccc2C)C1. The molecule has 3 rings (SSSR count). The third-order valence-electron chi connectivity index (χ3n) is 4.53. The van der Waals surface area contributed by atoms with E-state index in [-0.39, 0.29) is 0 Å². The molecule has 5 heteroatoms. The zero-order valence-corrected chi connectivity index (χ0v) is 13.9. The van der Waals surface area contributed by atoms with Gasteiger partial charge in [-0.2, -0.15) is 0 Å². The molecule has 2 aromatic rings. The van der Waals surface area contributed by atoms with Crippen LogP contribution in [0.5, 0.6) is 5.75 Å². The molecule has 1 aliphatic heterocycles. The Morgan fingerprint density at radius 1 is 1.35 bits per heavy atom. The fraction of sp³-hybridized carbons (Fsp3) is 0.500. The van der Waals surface area contributed by atoms with Gasteiger partial charge < -0.3 is 14.4 Å². The molecule has 0 spiro atoms. The Hall–Kier alpha value is -1.85. The highest BCUT2D eigenvalue weighted by Crippen LogP contribution is 2.25. The number of likely N-dealkylation sites (tertiary alicyclic amines) is 1. The minimum absolute atomic E-state index is 0.335. The van der Waals surface area contributed by atoms with E-state index in [1.54, 1.807) is 0 Å². The molecule has 1 aliphatic rings. The number of nitrogens with zero attached hydrogens (tertiary/aromatic N) is 3. The van der Waals surface area contributed by atoms with E-state index in [9.17, 15) is 5.11 Å². The predicted molar refractivity (Wildman–Crippen MR) is 89.4 cm³/mol. The molecule has 0 aliphatic carbocycles. The minimum Gasteiger partial charge on any atom is -0.490 e. The summed E-state index contributed by atoms with van der Waals surface area (Å²) in [5.74, 6) is 0.850. The summed E-state index contributed by atoms with van der Waals surface area (Å²) in [6, 6.07) is 7.92. The van der Waals surface area contributed by atoms with Crippen molar-refractivity contribution < 1.29 is 9.84 Å². The molecule has 5 nitrogen and oxygen atoms in total. The number of aromatic nitrogens is 2. The summed E-state index contributed by atoms with van der Waals surface area (Å²) in [4.78, 5) is 6.47. The first kappa shape index (κ1) is 16.0. The third-order valence-corrected chi connectivity index (χ3v) is 4.53. The van der Waals surface area contributed by atoms with Gasteiger partial charge in [0.05, 0.1) is 12.0 Å². The van der Waals surface area contributed by atoms with Crippen molar-refractivity contribution in [3.63, 3.8) is 0 Å². The lowest BCUT2D eigenvalue weighted by molar-refractivity contribution is 0.00305. The highest BCUT2D eigenvalue weighted by atomic mass is 16.5. The third kappa shape index (κ3) is 3.74. The number of β-amino-alcohol motifs (C(OH)–C–C–N with tert-alkyl or cyclic N) is 1. The maximum Gasteiger partial charge on any atom is 0.122 e. The number of hydrogen-bond acceptors (Lipinski definition) is 4. The molecule has 0 saturated carbocycles. The Morgan fingerprint density at radius 3 is 2.96 bits per heavy atom. The van der Waals surface area contributed by atoms with Crippen molar-refractivity contribution >= 4 is 0 Å². The molecule has 1 aromatic heterocycles. The molecule has 23 heavy (non-hydrogen) atoms. The first-order valence-electron chi connectivity index (χ1n) is 8.22. The maximum atomic E-state index is 10.8. The summed E-state index contributed by atoms with van der Waals surface area (Å²) in [6.07, 6.45) is 4.50. The highest BCUT2D eigenvalue weighted by molar-refractivity contribution is 5.31. The van der Waals surface area contributed by atoms with Crippen molar-refractivity contribution in [3.8, 4) is 5.75 Å². The van der Waals surface area contributed by atoms with Gasteiger partial charge in [0.15, 0.2) is 0 Å². The van der Waals surface area contributed by atoms with Crippen LogP contribution in [0.15, 0.2) is 36.8 Å². The van der Waals surface area contributed by atoms with E-state index in [1.807, 2.05) is 43.7 Å². The lowest BCUT2D eigenvalue weighted by Gasteiger charge is -2.24. The number of benzene rings is 1. The lowest BCUT2D eigenvalue weighted by Crippen LogP contribution is -2.39. The zero-order valence-electron chi connectivity index (χ0n) is 13.9. The molecule has 1 atom stereocenters. The largest absolute Gasteiger partial charge is 0.490 e. The van der Waals surface area contributed by atoms with Crippen molar-refractivity contribution in [1.82, 2.24) is 14.5 Å². The van der Waals surface area contributed by atoms with E-state index in [0.29, 0.717) is 13.2 Å². The zero-order chi connectivity index (χ0) is 16.3. The number of rotatable bonds is 6. The summed E-state index contributed by atoms with van der Waals surface area (Å²) < 4.78 is 8.00. The van der Waals surface area contributed by atoms with Gasteiger partial charge in [-0.3, -0.25) is 4.90 Å². The van der Waals surface area contributed by atoms with E-state index >= 15 is 0 Å². The summed E-state index contributed by atoms with van der Waals surface area (Å²) in [5, 5.41) is 10.8. The van der Waals surface area contributed by atoms with Gasteiger partial charge in [-0.15, -0.1) is 0 Å². The first-order valence-corrected chi connectivity index (χ1v) is 8.22. The first-order chi connectivity index (χ1) is 11.1. The van der Waals surface area contributed by atoms with Crippen LogP contribution in [0.3, 0.4) is 0 Å². The van der Waals surface area contributed by atoms with E-state index in [4.69, 9.17) is 4.74 Å². The van der Waals surface area contributed by atoms with Crippen molar-refractivity contribution in [2.75, 3.05) is 19.7 Å². The van der Waals surface area contributed by atoms with Gasteiger partial charge in [0.1, 0.15) is 18.0 Å². The van der Waals surface area contributed by atoms with Crippen molar-refractivity contribution in [2.45, 2.75) is 39.0 Å². The Kier molecular flexibility index (Phi) is 4.68. The molecule has 0 radical (unpaired) electrons. The van der Waals surface area contributed by atoms with E-state index < -0.39 is 5.60 Å². The number of para-hydroxylation sites is 1. The standard InChI is InChI=1S/C18H25N3O2/c1-3-21-14-19-10-16(21)11-20-9-8-18(22,12-20)13-23-17-7-5-4-6-15(17)2/h4-7,10,14,22H,3,8-9,11-13H2,1-2H3/t18-/m0/s1. The topological polar surface area (TPSA) is 50.5 Å². The Labute approximate surface area is 137 Å². The normalized spacial score (nSPS) is 21.7. The highest BCUT2D eigenvalue weighted by Gasteiger charge is 2.37. The molecule has 1 fully saturated rings. The molecule has 0 unspecified atom stereocenters. The van der Waals surface area contributed by atoms with Gasteiger partial charge in [-0.25, -0.2) is 4.98 Å². The second kappa shape index (κ2) is 6.72. The fourth-order valence-corrected chi connectivity index (χ4v) is 3.12. The summed E-state index contributed by atoms with van der Waals surface area (Å²) in [6.45, 7) is 7.72. The second-order valence-electron chi connectivity index (χ2n) is 6.41. The van der Waals surface area contributed by atoms with Crippen molar-refractivity contribution in [2.24, 2.45) is 0 Å². The molecule has 1 saturated heterocycles. The summed E-state index contributed by atoms with van der Waals surface area (Å²) in [7, 11) is 0. The molecule has 0 amide bonds. The second-order valence-corrected chi connectivity index (χ2v) is 6.41. The molecule has 124 valence electrons. The van der Waals surface area contributed by atoms with E-state index in [2.05, 4.69) is 21.4 Å². The van der Waals surface area contributed by atoms with E-state index in [0.717, 1.165) is 37.4 Å². The van der Waals surface area contributed by atoms with Crippen LogP contribution in [0.4, 0.5) is 0 Å². The number of aliphatic hydroxyl groups is 1. The number of ether oxygens (including phenoxy) is 1. The molecular formula is C18H25N3O2. The summed E-state index contributed by atoms with van der Waals surface area (Å²) in [5.41, 5.74) is 1.51. The molecular weight excluding hydrogens is 290 g/mol. The Bertz CT molecular complexity index is 655. The predicted octanol–water partition coefficient (Wildman–Crippen LogP) is 2.23. The molecule has 0 bridgehead atoms. The minimum atomic E-state index is -0.778. The number of imidazole rings is 1. The van der Waals surface area contributed by atoms with Crippen LogP contribution in [0.2, 0.25) is 0 Å². The monoisotopic (exact) mass is 315 g/mol. The lowest BCUT2D eigenvalue weighted by atomic mass is 10.1. The van der Waals surface area contributed by atoms with Crippen LogP contribution in [0.25, 0.3) is 0 Å². The van der Waals surface area contributed by atoms with Crippen molar-refractivity contribution in [1.29, 1.82) is 0 Å². The van der Waals surface area contributed by atoms with Gasteiger partial charge in [0, 0.05) is 32.4 Å². The fourth-order valence-electron chi connectivity index (χ4n) is 3.12.